The molecule has 0 radical (unpaired) electrons. The highest BCUT2D eigenvalue weighted by molar-refractivity contribution is 6.38. The van der Waals surface area contributed by atoms with Gasteiger partial charge in [0, 0.05) is 44.3 Å². The molecule has 0 unspecified atom stereocenters. The molecule has 25 heavy (non-hydrogen) atoms. The van der Waals surface area contributed by atoms with E-state index in [9.17, 15) is 9.18 Å². The third-order valence-corrected chi connectivity index (χ3v) is 5.36. The number of aryl methyl sites for hydroxylation is 1. The number of carbonyl (C=O) groups excluding carboxylic acids is 1. The molecule has 1 aromatic heterocycles. The number of aromatic nitrogens is 1. The quantitative estimate of drug-likeness (QED) is 0.806. The molecule has 0 aliphatic carbocycles. The molecule has 0 bridgehead atoms. The summed E-state index contributed by atoms with van der Waals surface area (Å²) in [7, 11) is 0. The van der Waals surface area contributed by atoms with Gasteiger partial charge >= 0.3 is 0 Å². The van der Waals surface area contributed by atoms with Gasteiger partial charge in [0.05, 0.1) is 10.5 Å². The number of aromatic amines is 1. The van der Waals surface area contributed by atoms with E-state index in [1.807, 2.05) is 6.92 Å². The number of H-pyrrole nitrogens is 1. The van der Waals surface area contributed by atoms with E-state index in [1.54, 1.807) is 11.8 Å². The molecule has 1 amide bonds. The van der Waals surface area contributed by atoms with E-state index in [-0.39, 0.29) is 17.0 Å². The number of amides is 1. The van der Waals surface area contributed by atoms with E-state index < -0.39 is 5.82 Å². The van der Waals surface area contributed by atoms with Crippen molar-refractivity contribution in [2.45, 2.75) is 45.6 Å². The Morgan fingerprint density at radius 3 is 2.68 bits per heavy atom. The first-order chi connectivity index (χ1) is 11.9. The van der Waals surface area contributed by atoms with Crippen LogP contribution in [0, 0.1) is 5.82 Å². The van der Waals surface area contributed by atoms with Gasteiger partial charge in [-0.1, -0.05) is 36.5 Å². The minimum absolute atomic E-state index is 0.0683. The fraction of sp³-hybridized carbons (Fsp3) is 0.500. The number of nitrogens with zero attached hydrogens (tertiary/aromatic N) is 1. The maximum atomic E-state index is 14.3. The smallest absolute Gasteiger partial charge is 0.219 e. The van der Waals surface area contributed by atoms with Gasteiger partial charge < -0.3 is 14.6 Å². The summed E-state index contributed by atoms with van der Waals surface area (Å²) in [5.74, 6) is -0.0282. The van der Waals surface area contributed by atoms with Crippen molar-refractivity contribution in [3.8, 4) is 5.75 Å². The average molecular weight is 387 g/mol. The molecular formula is C18H21Cl2FN2O2. The number of halogens is 3. The van der Waals surface area contributed by atoms with Crippen LogP contribution in [0.1, 0.15) is 38.7 Å². The molecule has 1 aliphatic rings. The summed E-state index contributed by atoms with van der Waals surface area (Å²) in [6.07, 6.45) is 2.93. The molecule has 1 N–H and O–H groups in total. The van der Waals surface area contributed by atoms with Crippen LogP contribution < -0.4 is 4.74 Å². The summed E-state index contributed by atoms with van der Waals surface area (Å²) in [6, 6.07) is 1.31. The summed E-state index contributed by atoms with van der Waals surface area (Å²) < 4.78 is 20.4. The predicted octanol–water partition coefficient (Wildman–Crippen LogP) is 4.96. The molecule has 2 heterocycles. The van der Waals surface area contributed by atoms with Crippen LogP contribution in [0.2, 0.25) is 10.2 Å². The van der Waals surface area contributed by atoms with Crippen molar-refractivity contribution in [1.29, 1.82) is 0 Å². The van der Waals surface area contributed by atoms with E-state index >= 15 is 0 Å². The molecule has 7 heteroatoms. The van der Waals surface area contributed by atoms with Crippen LogP contribution in [0.25, 0.3) is 10.9 Å². The number of ether oxygens (including phenoxy) is 1. The number of piperidine rings is 1. The Labute approximate surface area is 156 Å². The molecule has 1 saturated heterocycles. The highest BCUT2D eigenvalue weighted by Gasteiger charge is 2.25. The van der Waals surface area contributed by atoms with Crippen molar-refractivity contribution in [3.63, 3.8) is 0 Å². The minimum atomic E-state index is -0.515. The molecule has 1 aliphatic heterocycles. The maximum absolute atomic E-state index is 14.3. The molecule has 0 atom stereocenters. The van der Waals surface area contributed by atoms with Gasteiger partial charge in [-0.3, -0.25) is 4.79 Å². The maximum Gasteiger partial charge on any atom is 0.219 e. The van der Waals surface area contributed by atoms with Crippen molar-refractivity contribution >= 4 is 40.0 Å². The third kappa shape index (κ3) is 3.58. The van der Waals surface area contributed by atoms with Crippen molar-refractivity contribution in [2.75, 3.05) is 13.1 Å². The fourth-order valence-corrected chi connectivity index (χ4v) is 3.90. The largest absolute Gasteiger partial charge is 0.488 e. The lowest BCUT2D eigenvalue weighted by atomic mass is 10.1. The summed E-state index contributed by atoms with van der Waals surface area (Å²) in [5, 5.41) is 1.14. The van der Waals surface area contributed by atoms with E-state index in [0.717, 1.165) is 12.0 Å². The first-order valence-electron chi connectivity index (χ1n) is 8.52. The van der Waals surface area contributed by atoms with Gasteiger partial charge in [-0.2, -0.15) is 0 Å². The topological polar surface area (TPSA) is 45.3 Å². The molecule has 0 saturated carbocycles. The number of benzene rings is 1. The van der Waals surface area contributed by atoms with Gasteiger partial charge in [-0.15, -0.1) is 0 Å². The molecule has 1 fully saturated rings. The Hall–Kier alpha value is -1.46. The lowest BCUT2D eigenvalue weighted by molar-refractivity contribution is -0.130. The second-order valence-electron chi connectivity index (χ2n) is 6.41. The van der Waals surface area contributed by atoms with Crippen molar-refractivity contribution in [3.05, 3.63) is 27.6 Å². The summed E-state index contributed by atoms with van der Waals surface area (Å²) in [5.41, 5.74) is 1.45. The molecular weight excluding hydrogens is 366 g/mol. The zero-order valence-electron chi connectivity index (χ0n) is 14.3. The van der Waals surface area contributed by atoms with E-state index in [1.165, 1.54) is 6.07 Å². The molecule has 2 aromatic rings. The Bertz CT molecular complexity index is 798. The zero-order chi connectivity index (χ0) is 18.1. The second kappa shape index (κ2) is 7.42. The summed E-state index contributed by atoms with van der Waals surface area (Å²) >= 11 is 12.5. The van der Waals surface area contributed by atoms with Crippen LogP contribution >= 0.6 is 23.2 Å². The summed E-state index contributed by atoms with van der Waals surface area (Å²) in [6.45, 7) is 4.88. The van der Waals surface area contributed by atoms with Gasteiger partial charge in [0.15, 0.2) is 0 Å². The number of rotatable bonds is 4. The average Bonchev–Trinajstić information content (AvgIpc) is 2.90. The van der Waals surface area contributed by atoms with Crippen molar-refractivity contribution in [1.82, 2.24) is 9.88 Å². The number of hydrogen-bond donors (Lipinski definition) is 1. The second-order valence-corrected chi connectivity index (χ2v) is 7.17. The number of hydrogen-bond acceptors (Lipinski definition) is 2. The third-order valence-electron chi connectivity index (χ3n) is 4.67. The van der Waals surface area contributed by atoms with Crippen LogP contribution in [-0.2, 0) is 11.2 Å². The van der Waals surface area contributed by atoms with Crippen molar-refractivity contribution < 1.29 is 13.9 Å². The lowest BCUT2D eigenvalue weighted by Crippen LogP contribution is -2.40. The Balaban J connectivity index is 1.91. The summed E-state index contributed by atoms with van der Waals surface area (Å²) in [4.78, 5) is 16.3. The van der Waals surface area contributed by atoms with Crippen LogP contribution in [0.4, 0.5) is 4.39 Å². The monoisotopic (exact) mass is 386 g/mol. The van der Waals surface area contributed by atoms with Crippen molar-refractivity contribution in [2.24, 2.45) is 0 Å². The highest BCUT2D eigenvalue weighted by atomic mass is 35.5. The Morgan fingerprint density at radius 1 is 1.40 bits per heavy atom. The normalized spacial score (nSPS) is 15.8. The minimum Gasteiger partial charge on any atom is -0.488 e. The van der Waals surface area contributed by atoms with E-state index in [2.05, 4.69) is 4.98 Å². The van der Waals surface area contributed by atoms with Crippen LogP contribution in [-0.4, -0.2) is 35.0 Å². The van der Waals surface area contributed by atoms with Gasteiger partial charge in [0.2, 0.25) is 5.91 Å². The van der Waals surface area contributed by atoms with Crippen LogP contribution in [0.15, 0.2) is 6.07 Å². The van der Waals surface area contributed by atoms with Gasteiger partial charge in [0.1, 0.15) is 22.8 Å². The lowest BCUT2D eigenvalue weighted by Gasteiger charge is -2.31. The number of nitrogens with one attached hydrogen (secondary N) is 1. The predicted molar refractivity (Wildman–Crippen MR) is 98.2 cm³/mol. The molecule has 1 aromatic carbocycles. The van der Waals surface area contributed by atoms with Gasteiger partial charge in [-0.25, -0.2) is 4.39 Å². The first-order valence-corrected chi connectivity index (χ1v) is 9.28. The molecule has 136 valence electrons. The standard InChI is InChI=1S/C18H21Cl2FN2O2/c1-3-4-12-15-16(19)13(21)9-14(17(15)22-18(12)20)25-11-5-7-23(8-6-11)10(2)24/h9,11,22H,3-8H2,1-2H3. The Kier molecular flexibility index (Phi) is 5.44. The number of carbonyl (C=O) groups is 1. The Morgan fingerprint density at radius 2 is 2.08 bits per heavy atom. The van der Waals surface area contributed by atoms with Gasteiger partial charge in [0.25, 0.3) is 0 Å². The highest BCUT2D eigenvalue weighted by Crippen LogP contribution is 2.40. The SMILES string of the molecule is CCCc1c(Cl)[nH]c2c(OC3CCN(C(C)=O)CC3)cc(F)c(Cl)c12. The zero-order valence-corrected chi connectivity index (χ0v) is 15.8. The fourth-order valence-electron chi connectivity index (χ4n) is 3.35. The number of likely N-dealkylation sites (tertiary alicyclic amines) is 1. The van der Waals surface area contributed by atoms with E-state index in [4.69, 9.17) is 27.9 Å². The molecule has 3 rings (SSSR count). The number of fused-ring (bicyclic) bond motifs is 1. The van der Waals surface area contributed by atoms with E-state index in [0.29, 0.717) is 54.2 Å². The van der Waals surface area contributed by atoms with Crippen LogP contribution in [0.5, 0.6) is 5.75 Å². The molecule has 4 nitrogen and oxygen atoms in total. The van der Waals surface area contributed by atoms with Gasteiger partial charge in [-0.05, 0) is 12.0 Å². The molecule has 0 spiro atoms. The first kappa shape index (κ1) is 18.3. The van der Waals surface area contributed by atoms with Crippen LogP contribution in [0.3, 0.4) is 0 Å².